The van der Waals surface area contributed by atoms with E-state index in [-0.39, 0.29) is 5.92 Å². The van der Waals surface area contributed by atoms with Crippen molar-refractivity contribution in [3.8, 4) is 0 Å². The number of aliphatic hydroxyl groups is 1. The van der Waals surface area contributed by atoms with Gasteiger partial charge < -0.3 is 10.4 Å². The Morgan fingerprint density at radius 3 is 2.86 bits per heavy atom. The molecular formula is C11H14BrNO. The van der Waals surface area contributed by atoms with Gasteiger partial charge in [0.1, 0.15) is 0 Å². The van der Waals surface area contributed by atoms with E-state index in [1.54, 1.807) is 0 Å². The largest absolute Gasteiger partial charge is 0.390 e. The highest BCUT2D eigenvalue weighted by atomic mass is 79.9. The van der Waals surface area contributed by atoms with Crippen LogP contribution >= 0.6 is 15.9 Å². The molecule has 0 saturated heterocycles. The van der Waals surface area contributed by atoms with Crippen LogP contribution in [-0.4, -0.2) is 17.3 Å². The summed E-state index contributed by atoms with van der Waals surface area (Å²) in [7, 11) is 0. The van der Waals surface area contributed by atoms with Gasteiger partial charge in [0.15, 0.2) is 0 Å². The van der Waals surface area contributed by atoms with Crippen LogP contribution in [-0.2, 0) is 0 Å². The molecular weight excluding hydrogens is 242 g/mol. The highest BCUT2D eigenvalue weighted by molar-refractivity contribution is 9.10. The third-order valence-corrected chi connectivity index (χ3v) is 3.23. The maximum absolute atomic E-state index is 10.00. The fourth-order valence-corrected chi connectivity index (χ4v) is 2.31. The maximum Gasteiger partial charge on any atom is 0.0677 e. The Kier molecular flexibility index (Phi) is 2.32. The number of fused-ring (bicyclic) bond motifs is 1. The topological polar surface area (TPSA) is 32.3 Å². The van der Waals surface area contributed by atoms with Crippen LogP contribution < -0.4 is 5.32 Å². The first-order chi connectivity index (χ1) is 6.48. The van der Waals surface area contributed by atoms with Crippen molar-refractivity contribution >= 4 is 21.6 Å². The third kappa shape index (κ3) is 1.66. The second kappa shape index (κ2) is 3.24. The summed E-state index contributed by atoms with van der Waals surface area (Å²) in [5, 5.41) is 13.3. The van der Waals surface area contributed by atoms with E-state index in [0.29, 0.717) is 0 Å². The SMILES string of the molecule is CC(C)(O)C1CNc2ccc(Br)cc21. The summed E-state index contributed by atoms with van der Waals surface area (Å²) in [6.07, 6.45) is 0. The van der Waals surface area contributed by atoms with Gasteiger partial charge in [-0.2, -0.15) is 0 Å². The molecule has 1 aromatic rings. The zero-order chi connectivity index (χ0) is 10.3. The van der Waals surface area contributed by atoms with Crippen LogP contribution in [0.2, 0.25) is 0 Å². The smallest absolute Gasteiger partial charge is 0.0677 e. The summed E-state index contributed by atoms with van der Waals surface area (Å²) in [6, 6.07) is 6.14. The first-order valence-corrected chi connectivity index (χ1v) is 5.53. The normalized spacial score (nSPS) is 20.4. The number of anilines is 1. The maximum atomic E-state index is 10.00. The molecule has 0 radical (unpaired) electrons. The molecule has 0 fully saturated rings. The quantitative estimate of drug-likeness (QED) is 0.809. The predicted octanol–water partition coefficient (Wildman–Crippen LogP) is 2.73. The van der Waals surface area contributed by atoms with Gasteiger partial charge in [0, 0.05) is 22.6 Å². The van der Waals surface area contributed by atoms with Gasteiger partial charge in [0.2, 0.25) is 0 Å². The van der Waals surface area contributed by atoms with Crippen molar-refractivity contribution in [1.82, 2.24) is 0 Å². The number of benzene rings is 1. The van der Waals surface area contributed by atoms with Crippen LogP contribution in [0, 0.1) is 0 Å². The van der Waals surface area contributed by atoms with E-state index < -0.39 is 5.60 Å². The second-order valence-corrected chi connectivity index (χ2v) is 5.23. The lowest BCUT2D eigenvalue weighted by molar-refractivity contribution is 0.0562. The molecule has 2 N–H and O–H groups in total. The predicted molar refractivity (Wildman–Crippen MR) is 61.7 cm³/mol. The molecule has 0 aromatic heterocycles. The molecule has 1 aliphatic rings. The standard InChI is InChI=1S/C11H14BrNO/c1-11(2,14)9-6-13-10-4-3-7(12)5-8(9)10/h3-5,9,13-14H,6H2,1-2H3. The Balaban J connectivity index is 2.43. The number of hydrogen-bond donors (Lipinski definition) is 2. The van der Waals surface area contributed by atoms with Crippen LogP contribution in [0.15, 0.2) is 22.7 Å². The van der Waals surface area contributed by atoms with Gasteiger partial charge in [-0.1, -0.05) is 15.9 Å². The van der Waals surface area contributed by atoms with Crippen molar-refractivity contribution in [3.05, 3.63) is 28.2 Å². The first-order valence-electron chi connectivity index (χ1n) is 4.74. The summed E-state index contributed by atoms with van der Waals surface area (Å²) in [4.78, 5) is 0. The Morgan fingerprint density at radius 1 is 1.50 bits per heavy atom. The molecule has 14 heavy (non-hydrogen) atoms. The lowest BCUT2D eigenvalue weighted by Crippen LogP contribution is -2.30. The van der Waals surface area contributed by atoms with Gasteiger partial charge in [0.05, 0.1) is 5.60 Å². The molecule has 1 atom stereocenters. The Bertz CT molecular complexity index is 357. The van der Waals surface area contributed by atoms with E-state index in [0.717, 1.165) is 16.7 Å². The molecule has 0 bridgehead atoms. The van der Waals surface area contributed by atoms with E-state index in [9.17, 15) is 5.11 Å². The van der Waals surface area contributed by atoms with Gasteiger partial charge in [-0.15, -0.1) is 0 Å². The molecule has 1 aliphatic heterocycles. The van der Waals surface area contributed by atoms with Gasteiger partial charge in [-0.05, 0) is 37.6 Å². The molecule has 0 saturated carbocycles. The van der Waals surface area contributed by atoms with Gasteiger partial charge in [-0.3, -0.25) is 0 Å². The summed E-state index contributed by atoms with van der Waals surface area (Å²) in [6.45, 7) is 4.53. The van der Waals surface area contributed by atoms with Crippen LogP contribution in [0.3, 0.4) is 0 Å². The number of nitrogens with one attached hydrogen (secondary N) is 1. The number of rotatable bonds is 1. The average Bonchev–Trinajstić information content (AvgIpc) is 2.45. The fraction of sp³-hybridized carbons (Fsp3) is 0.455. The van der Waals surface area contributed by atoms with E-state index in [1.165, 1.54) is 5.56 Å². The van der Waals surface area contributed by atoms with E-state index in [4.69, 9.17) is 0 Å². The van der Waals surface area contributed by atoms with E-state index in [2.05, 4.69) is 27.3 Å². The molecule has 3 heteroatoms. The van der Waals surface area contributed by atoms with Gasteiger partial charge >= 0.3 is 0 Å². The lowest BCUT2D eigenvalue weighted by atomic mass is 9.86. The second-order valence-electron chi connectivity index (χ2n) is 4.32. The molecule has 76 valence electrons. The molecule has 2 nitrogen and oxygen atoms in total. The van der Waals surface area contributed by atoms with Crippen molar-refractivity contribution in [1.29, 1.82) is 0 Å². The van der Waals surface area contributed by atoms with Gasteiger partial charge in [0.25, 0.3) is 0 Å². The summed E-state index contributed by atoms with van der Waals surface area (Å²) < 4.78 is 1.06. The Labute approximate surface area is 92.5 Å². The van der Waals surface area contributed by atoms with Crippen LogP contribution in [0.1, 0.15) is 25.3 Å². The molecule has 0 spiro atoms. The molecule has 1 aromatic carbocycles. The molecule has 0 amide bonds. The highest BCUT2D eigenvalue weighted by Crippen LogP contribution is 2.39. The first kappa shape index (κ1) is 9.99. The monoisotopic (exact) mass is 255 g/mol. The minimum absolute atomic E-state index is 0.176. The lowest BCUT2D eigenvalue weighted by Gasteiger charge is -2.25. The van der Waals surface area contributed by atoms with Gasteiger partial charge in [-0.25, -0.2) is 0 Å². The number of halogens is 1. The molecule has 0 aliphatic carbocycles. The molecule has 1 unspecified atom stereocenters. The van der Waals surface area contributed by atoms with Crippen LogP contribution in [0.5, 0.6) is 0 Å². The number of hydrogen-bond acceptors (Lipinski definition) is 2. The van der Waals surface area contributed by atoms with Crippen LogP contribution in [0.4, 0.5) is 5.69 Å². The molecule has 1 heterocycles. The molecule has 2 rings (SSSR count). The summed E-state index contributed by atoms with van der Waals surface area (Å²) >= 11 is 3.45. The highest BCUT2D eigenvalue weighted by Gasteiger charge is 2.33. The zero-order valence-corrected chi connectivity index (χ0v) is 9.93. The minimum atomic E-state index is -0.668. The third-order valence-electron chi connectivity index (χ3n) is 2.74. The summed E-state index contributed by atoms with van der Waals surface area (Å²) in [5.74, 6) is 0.176. The Hall–Kier alpha value is -0.540. The zero-order valence-electron chi connectivity index (χ0n) is 8.34. The summed E-state index contributed by atoms with van der Waals surface area (Å²) in [5.41, 5.74) is 1.67. The van der Waals surface area contributed by atoms with Crippen LogP contribution in [0.25, 0.3) is 0 Å². The van der Waals surface area contributed by atoms with Crippen molar-refractivity contribution in [2.75, 3.05) is 11.9 Å². The van der Waals surface area contributed by atoms with E-state index in [1.807, 2.05) is 26.0 Å². The Morgan fingerprint density at radius 2 is 2.21 bits per heavy atom. The average molecular weight is 256 g/mol. The minimum Gasteiger partial charge on any atom is -0.390 e. The van der Waals surface area contributed by atoms with Crippen molar-refractivity contribution < 1.29 is 5.11 Å². The van der Waals surface area contributed by atoms with Crippen molar-refractivity contribution in [2.24, 2.45) is 0 Å². The van der Waals surface area contributed by atoms with Crippen molar-refractivity contribution in [3.63, 3.8) is 0 Å². The van der Waals surface area contributed by atoms with E-state index >= 15 is 0 Å². The fourth-order valence-electron chi connectivity index (χ4n) is 1.94. The van der Waals surface area contributed by atoms with Crippen molar-refractivity contribution in [2.45, 2.75) is 25.4 Å².